The molecule has 0 heterocycles. The van der Waals surface area contributed by atoms with Gasteiger partial charge in [0, 0.05) is 13.6 Å². The predicted molar refractivity (Wildman–Crippen MR) is 36.4 cm³/mol. The van der Waals surface area contributed by atoms with E-state index in [-0.39, 0.29) is 6.61 Å². The topological polar surface area (TPSA) is 60.8 Å². The van der Waals surface area contributed by atoms with E-state index in [1.165, 1.54) is 4.90 Å². The minimum Gasteiger partial charge on any atom is -0.394 e. The van der Waals surface area contributed by atoms with Gasteiger partial charge < -0.3 is 15.1 Å². The van der Waals surface area contributed by atoms with Crippen LogP contribution in [0.25, 0.3) is 0 Å². The van der Waals surface area contributed by atoms with Crippen molar-refractivity contribution in [2.75, 3.05) is 20.2 Å². The van der Waals surface area contributed by atoms with E-state index in [1.807, 2.05) is 0 Å². The molecule has 2 N–H and O–H groups in total. The molecular weight excluding hydrogens is 134 g/mol. The van der Waals surface area contributed by atoms with Crippen LogP contribution in [0, 0.1) is 0 Å². The molecule has 0 aliphatic carbocycles. The quantitative estimate of drug-likeness (QED) is 0.481. The summed E-state index contributed by atoms with van der Waals surface area (Å²) in [7, 11) is 1.62. The highest BCUT2D eigenvalue weighted by molar-refractivity contribution is 5.46. The molecule has 4 nitrogen and oxygen atoms in total. The molecule has 0 radical (unpaired) electrons. The van der Waals surface area contributed by atoms with Crippen molar-refractivity contribution in [2.45, 2.75) is 12.5 Å². The molecule has 0 aromatic rings. The Morgan fingerprint density at radius 3 is 2.70 bits per heavy atom. The van der Waals surface area contributed by atoms with Gasteiger partial charge in [-0.25, -0.2) is 0 Å². The van der Waals surface area contributed by atoms with Gasteiger partial charge in [-0.3, -0.25) is 4.79 Å². The van der Waals surface area contributed by atoms with Crippen molar-refractivity contribution >= 4 is 6.41 Å². The van der Waals surface area contributed by atoms with Crippen molar-refractivity contribution in [2.24, 2.45) is 0 Å². The summed E-state index contributed by atoms with van der Waals surface area (Å²) >= 11 is 0. The highest BCUT2D eigenvalue weighted by atomic mass is 16.3. The second-order valence-electron chi connectivity index (χ2n) is 2.21. The minimum atomic E-state index is -0.706. The first kappa shape index (κ1) is 9.39. The maximum Gasteiger partial charge on any atom is 0.209 e. The Hall–Kier alpha value is -0.610. The number of carbonyl (C=O) groups is 1. The van der Waals surface area contributed by atoms with Crippen molar-refractivity contribution in [1.29, 1.82) is 0 Å². The smallest absolute Gasteiger partial charge is 0.209 e. The maximum atomic E-state index is 9.99. The lowest BCUT2D eigenvalue weighted by atomic mass is 10.2. The minimum absolute atomic E-state index is 0.243. The van der Waals surface area contributed by atoms with E-state index in [1.54, 1.807) is 7.05 Å². The van der Waals surface area contributed by atoms with Crippen LogP contribution in [0.3, 0.4) is 0 Å². The Balaban J connectivity index is 3.25. The van der Waals surface area contributed by atoms with E-state index >= 15 is 0 Å². The Morgan fingerprint density at radius 1 is 1.70 bits per heavy atom. The highest BCUT2D eigenvalue weighted by Gasteiger charge is 2.02. The summed E-state index contributed by atoms with van der Waals surface area (Å²) in [4.78, 5) is 11.4. The monoisotopic (exact) mass is 147 g/mol. The summed E-state index contributed by atoms with van der Waals surface area (Å²) in [5.41, 5.74) is 0. The van der Waals surface area contributed by atoms with Gasteiger partial charge in [0.05, 0.1) is 12.7 Å². The lowest BCUT2D eigenvalue weighted by Gasteiger charge is -2.12. The summed E-state index contributed by atoms with van der Waals surface area (Å²) in [6, 6.07) is 0. The average molecular weight is 147 g/mol. The van der Waals surface area contributed by atoms with Gasteiger partial charge in [-0.05, 0) is 6.42 Å². The number of amides is 1. The van der Waals surface area contributed by atoms with Crippen LogP contribution < -0.4 is 0 Å². The SMILES string of the molecule is CN(C=O)CCC(O)CO. The molecule has 4 heteroatoms. The largest absolute Gasteiger partial charge is 0.394 e. The molecule has 0 aromatic carbocycles. The molecule has 1 unspecified atom stereocenters. The van der Waals surface area contributed by atoms with Crippen LogP contribution in [-0.2, 0) is 4.79 Å². The van der Waals surface area contributed by atoms with Crippen LogP contribution in [0.15, 0.2) is 0 Å². The summed E-state index contributed by atoms with van der Waals surface area (Å²) < 4.78 is 0. The molecule has 0 aromatic heterocycles. The zero-order valence-corrected chi connectivity index (χ0v) is 6.03. The van der Waals surface area contributed by atoms with Crippen LogP contribution in [-0.4, -0.2) is 47.8 Å². The van der Waals surface area contributed by atoms with Gasteiger partial charge in [0.15, 0.2) is 0 Å². The normalized spacial score (nSPS) is 12.7. The van der Waals surface area contributed by atoms with E-state index in [4.69, 9.17) is 10.2 Å². The zero-order chi connectivity index (χ0) is 7.98. The lowest BCUT2D eigenvalue weighted by Crippen LogP contribution is -2.23. The average Bonchev–Trinajstić information content (AvgIpc) is 1.99. The number of aliphatic hydroxyl groups is 2. The van der Waals surface area contributed by atoms with Gasteiger partial charge in [0.2, 0.25) is 6.41 Å². The van der Waals surface area contributed by atoms with Gasteiger partial charge in [0.1, 0.15) is 0 Å². The third kappa shape index (κ3) is 4.29. The van der Waals surface area contributed by atoms with Gasteiger partial charge in [-0.15, -0.1) is 0 Å². The number of nitrogens with zero attached hydrogens (tertiary/aromatic N) is 1. The molecule has 0 aliphatic rings. The van der Waals surface area contributed by atoms with Crippen molar-refractivity contribution < 1.29 is 15.0 Å². The maximum absolute atomic E-state index is 9.99. The van der Waals surface area contributed by atoms with E-state index in [2.05, 4.69) is 0 Å². The third-order valence-corrected chi connectivity index (χ3v) is 1.21. The van der Waals surface area contributed by atoms with Crippen molar-refractivity contribution in [3.8, 4) is 0 Å². The fraction of sp³-hybridized carbons (Fsp3) is 0.833. The zero-order valence-electron chi connectivity index (χ0n) is 6.03. The second-order valence-corrected chi connectivity index (χ2v) is 2.21. The second kappa shape index (κ2) is 5.20. The standard InChI is InChI=1S/C6H13NO3/c1-7(5-9)3-2-6(10)4-8/h5-6,8,10H,2-4H2,1H3. The molecule has 0 spiro atoms. The molecule has 0 rings (SSSR count). The van der Waals surface area contributed by atoms with E-state index in [0.29, 0.717) is 19.4 Å². The van der Waals surface area contributed by atoms with Gasteiger partial charge in [-0.2, -0.15) is 0 Å². The summed E-state index contributed by atoms with van der Waals surface area (Å²) in [6.45, 7) is 0.234. The first-order valence-electron chi connectivity index (χ1n) is 3.15. The molecule has 0 saturated carbocycles. The van der Waals surface area contributed by atoms with E-state index < -0.39 is 6.10 Å². The first-order valence-corrected chi connectivity index (χ1v) is 3.15. The summed E-state index contributed by atoms with van der Waals surface area (Å²) in [6.07, 6.45) is 0.401. The van der Waals surface area contributed by atoms with Crippen molar-refractivity contribution in [3.63, 3.8) is 0 Å². The Morgan fingerprint density at radius 2 is 2.30 bits per heavy atom. The number of hydrogen-bond donors (Lipinski definition) is 2. The van der Waals surface area contributed by atoms with Gasteiger partial charge >= 0.3 is 0 Å². The Bertz CT molecular complexity index is 97.0. The molecule has 60 valence electrons. The van der Waals surface area contributed by atoms with Crippen molar-refractivity contribution in [1.82, 2.24) is 4.90 Å². The van der Waals surface area contributed by atoms with Crippen LogP contribution >= 0.6 is 0 Å². The van der Waals surface area contributed by atoms with E-state index in [0.717, 1.165) is 0 Å². The fourth-order valence-corrected chi connectivity index (χ4v) is 0.497. The van der Waals surface area contributed by atoms with Gasteiger partial charge in [0.25, 0.3) is 0 Å². The van der Waals surface area contributed by atoms with Crippen LogP contribution in [0.2, 0.25) is 0 Å². The predicted octanol–water partition coefficient (Wildman–Crippen LogP) is -1.18. The molecule has 0 aliphatic heterocycles. The number of carbonyl (C=O) groups excluding carboxylic acids is 1. The fourth-order valence-electron chi connectivity index (χ4n) is 0.497. The summed E-state index contributed by atoms with van der Waals surface area (Å²) in [5.74, 6) is 0. The van der Waals surface area contributed by atoms with Crippen LogP contribution in [0.4, 0.5) is 0 Å². The molecule has 0 bridgehead atoms. The first-order chi connectivity index (χ1) is 4.70. The molecule has 0 fully saturated rings. The Kier molecular flexibility index (Phi) is 4.88. The molecule has 1 atom stereocenters. The summed E-state index contributed by atoms with van der Waals surface area (Å²) in [5, 5.41) is 17.2. The van der Waals surface area contributed by atoms with Crippen LogP contribution in [0.1, 0.15) is 6.42 Å². The third-order valence-electron chi connectivity index (χ3n) is 1.21. The number of rotatable bonds is 5. The number of hydrogen-bond acceptors (Lipinski definition) is 3. The van der Waals surface area contributed by atoms with Crippen LogP contribution in [0.5, 0.6) is 0 Å². The molecule has 1 amide bonds. The van der Waals surface area contributed by atoms with E-state index in [9.17, 15) is 4.79 Å². The molecule has 0 saturated heterocycles. The number of aliphatic hydroxyl groups excluding tert-OH is 2. The molecular formula is C6H13NO3. The van der Waals surface area contributed by atoms with Crippen molar-refractivity contribution in [3.05, 3.63) is 0 Å². The molecule has 10 heavy (non-hydrogen) atoms. The Labute approximate surface area is 60.1 Å². The highest BCUT2D eigenvalue weighted by Crippen LogP contribution is 1.90. The van der Waals surface area contributed by atoms with Gasteiger partial charge in [-0.1, -0.05) is 0 Å². The lowest BCUT2D eigenvalue weighted by molar-refractivity contribution is -0.117.